The number of nitrogens with zero attached hydrogens (tertiary/aromatic N) is 1. The van der Waals surface area contributed by atoms with E-state index in [-0.39, 0.29) is 6.61 Å². The van der Waals surface area contributed by atoms with Gasteiger partial charge in [-0.3, -0.25) is 4.98 Å². The zero-order valence-corrected chi connectivity index (χ0v) is 12.3. The van der Waals surface area contributed by atoms with Crippen LogP contribution in [-0.2, 0) is 6.61 Å². The van der Waals surface area contributed by atoms with Gasteiger partial charge in [0, 0.05) is 39.3 Å². The molecular formula is C17H14ClNO2. The zero-order valence-electron chi connectivity index (χ0n) is 11.5. The lowest BCUT2D eigenvalue weighted by atomic mass is 10.1. The Kier molecular flexibility index (Phi) is 3.78. The monoisotopic (exact) mass is 299 g/mol. The van der Waals surface area contributed by atoms with Crippen molar-refractivity contribution in [2.45, 2.75) is 13.5 Å². The van der Waals surface area contributed by atoms with E-state index in [4.69, 9.17) is 16.3 Å². The summed E-state index contributed by atoms with van der Waals surface area (Å²) in [5.41, 5.74) is 1.49. The van der Waals surface area contributed by atoms with E-state index in [1.54, 1.807) is 6.20 Å². The quantitative estimate of drug-likeness (QED) is 0.775. The normalized spacial score (nSPS) is 10.8. The highest BCUT2D eigenvalue weighted by Crippen LogP contribution is 2.35. The third-order valence-electron chi connectivity index (χ3n) is 3.30. The lowest BCUT2D eigenvalue weighted by Crippen LogP contribution is -1.95. The molecule has 3 nitrogen and oxygen atoms in total. The van der Waals surface area contributed by atoms with Crippen molar-refractivity contribution in [2.24, 2.45) is 0 Å². The molecule has 106 valence electrons. The van der Waals surface area contributed by atoms with E-state index >= 15 is 0 Å². The molecule has 0 saturated heterocycles. The Bertz CT molecular complexity index is 802. The number of aryl methyl sites for hydroxylation is 1. The molecule has 0 fully saturated rings. The maximum Gasteiger partial charge on any atom is 0.136 e. The highest BCUT2D eigenvalue weighted by atomic mass is 35.5. The second-order valence-electron chi connectivity index (χ2n) is 4.78. The third kappa shape index (κ3) is 2.71. The van der Waals surface area contributed by atoms with Crippen LogP contribution in [0.15, 0.2) is 48.7 Å². The average Bonchev–Trinajstić information content (AvgIpc) is 2.51. The van der Waals surface area contributed by atoms with Crippen molar-refractivity contribution in [1.82, 2.24) is 4.98 Å². The number of fused-ring (bicyclic) bond motifs is 1. The van der Waals surface area contributed by atoms with Gasteiger partial charge in [0.25, 0.3) is 0 Å². The summed E-state index contributed by atoms with van der Waals surface area (Å²) < 4.78 is 5.99. The molecule has 0 aliphatic rings. The molecule has 21 heavy (non-hydrogen) atoms. The Labute approximate surface area is 127 Å². The summed E-state index contributed by atoms with van der Waals surface area (Å²) in [4.78, 5) is 4.17. The summed E-state index contributed by atoms with van der Waals surface area (Å²) in [5.74, 6) is 1.31. The summed E-state index contributed by atoms with van der Waals surface area (Å²) >= 11 is 6.21. The number of aliphatic hydroxyl groups excluding tert-OH is 1. The van der Waals surface area contributed by atoms with Crippen LogP contribution in [0.5, 0.6) is 11.5 Å². The van der Waals surface area contributed by atoms with Gasteiger partial charge in [0.15, 0.2) is 0 Å². The molecule has 0 aliphatic carbocycles. The molecule has 0 radical (unpaired) electrons. The van der Waals surface area contributed by atoms with Crippen LogP contribution in [0.3, 0.4) is 0 Å². The van der Waals surface area contributed by atoms with E-state index in [0.717, 1.165) is 16.5 Å². The van der Waals surface area contributed by atoms with Crippen LogP contribution in [0.1, 0.15) is 11.3 Å². The molecule has 4 heteroatoms. The van der Waals surface area contributed by atoms with Gasteiger partial charge >= 0.3 is 0 Å². The van der Waals surface area contributed by atoms with Crippen molar-refractivity contribution < 1.29 is 9.84 Å². The number of hydrogen-bond donors (Lipinski definition) is 1. The molecule has 3 rings (SSSR count). The molecule has 0 atom stereocenters. The summed E-state index contributed by atoms with van der Waals surface area (Å²) in [6.07, 6.45) is 1.63. The van der Waals surface area contributed by atoms with E-state index in [1.165, 1.54) is 0 Å². The van der Waals surface area contributed by atoms with Gasteiger partial charge in [-0.1, -0.05) is 35.9 Å². The van der Waals surface area contributed by atoms with Gasteiger partial charge in [-0.05, 0) is 19.1 Å². The van der Waals surface area contributed by atoms with Gasteiger partial charge in [0.05, 0.1) is 6.61 Å². The van der Waals surface area contributed by atoms with Crippen molar-refractivity contribution in [3.63, 3.8) is 0 Å². The van der Waals surface area contributed by atoms with Crippen LogP contribution in [0.4, 0.5) is 0 Å². The van der Waals surface area contributed by atoms with E-state index < -0.39 is 0 Å². The van der Waals surface area contributed by atoms with Crippen LogP contribution in [0, 0.1) is 6.92 Å². The minimum atomic E-state index is -0.117. The van der Waals surface area contributed by atoms with Gasteiger partial charge in [0.2, 0.25) is 0 Å². The molecule has 1 aromatic heterocycles. The zero-order chi connectivity index (χ0) is 14.8. The lowest BCUT2D eigenvalue weighted by Gasteiger charge is -2.13. The predicted octanol–water partition coefficient (Wildman–Crippen LogP) is 4.48. The SMILES string of the molecule is Cc1cc(Oc2ccc(Cl)c3ccccc23)c(CO)cn1. The number of aliphatic hydroxyl groups is 1. The van der Waals surface area contributed by atoms with Crippen LogP contribution >= 0.6 is 11.6 Å². The van der Waals surface area contributed by atoms with Crippen molar-refractivity contribution in [2.75, 3.05) is 0 Å². The summed E-state index contributed by atoms with van der Waals surface area (Å²) in [5, 5.41) is 12.0. The number of hydrogen-bond acceptors (Lipinski definition) is 3. The first-order valence-corrected chi connectivity index (χ1v) is 6.98. The predicted molar refractivity (Wildman–Crippen MR) is 83.9 cm³/mol. The molecule has 0 saturated carbocycles. The molecule has 0 spiro atoms. The Balaban J connectivity index is 2.11. The standard InChI is InChI=1S/C17H14ClNO2/c1-11-8-17(12(10-20)9-19-11)21-16-7-6-15(18)13-4-2-3-5-14(13)16/h2-9,20H,10H2,1H3. The number of pyridine rings is 1. The van der Waals surface area contributed by atoms with Crippen molar-refractivity contribution in [3.05, 3.63) is 64.9 Å². The first-order valence-electron chi connectivity index (χ1n) is 6.60. The van der Waals surface area contributed by atoms with Gasteiger partial charge in [0.1, 0.15) is 11.5 Å². The maximum atomic E-state index is 9.40. The number of aromatic nitrogens is 1. The second kappa shape index (κ2) is 5.72. The summed E-state index contributed by atoms with van der Waals surface area (Å²) in [7, 11) is 0. The number of halogens is 1. The van der Waals surface area contributed by atoms with E-state index in [0.29, 0.717) is 22.1 Å². The van der Waals surface area contributed by atoms with Gasteiger partial charge in [-0.15, -0.1) is 0 Å². The highest BCUT2D eigenvalue weighted by Gasteiger charge is 2.10. The molecule has 2 aromatic carbocycles. The fourth-order valence-electron chi connectivity index (χ4n) is 2.22. The van der Waals surface area contributed by atoms with Gasteiger partial charge in [-0.25, -0.2) is 0 Å². The number of rotatable bonds is 3. The molecular weight excluding hydrogens is 286 g/mol. The third-order valence-corrected chi connectivity index (χ3v) is 3.63. The van der Waals surface area contributed by atoms with Crippen molar-refractivity contribution >= 4 is 22.4 Å². The molecule has 3 aromatic rings. The van der Waals surface area contributed by atoms with Crippen LogP contribution in [-0.4, -0.2) is 10.1 Å². The molecule has 0 aliphatic heterocycles. The van der Waals surface area contributed by atoms with Crippen LogP contribution in [0.25, 0.3) is 10.8 Å². The largest absolute Gasteiger partial charge is 0.456 e. The molecule has 0 bridgehead atoms. The summed E-state index contributed by atoms with van der Waals surface area (Å²) in [6, 6.07) is 13.3. The van der Waals surface area contributed by atoms with Crippen molar-refractivity contribution in [1.29, 1.82) is 0 Å². The Morgan fingerprint density at radius 3 is 2.62 bits per heavy atom. The molecule has 1 N–H and O–H groups in total. The lowest BCUT2D eigenvalue weighted by molar-refractivity contribution is 0.276. The smallest absolute Gasteiger partial charge is 0.136 e. The Hall–Kier alpha value is -2.10. The second-order valence-corrected chi connectivity index (χ2v) is 5.19. The fraction of sp³-hybridized carbons (Fsp3) is 0.118. The van der Waals surface area contributed by atoms with Gasteiger partial charge < -0.3 is 9.84 Å². The highest BCUT2D eigenvalue weighted by molar-refractivity contribution is 6.35. The minimum absolute atomic E-state index is 0.117. The fourth-order valence-corrected chi connectivity index (χ4v) is 2.45. The van der Waals surface area contributed by atoms with Crippen molar-refractivity contribution in [3.8, 4) is 11.5 Å². The molecule has 1 heterocycles. The average molecular weight is 300 g/mol. The first kappa shape index (κ1) is 13.9. The number of benzene rings is 2. The Morgan fingerprint density at radius 1 is 1.10 bits per heavy atom. The first-order chi connectivity index (χ1) is 10.2. The van der Waals surface area contributed by atoms with E-state index in [2.05, 4.69) is 4.98 Å². The molecule has 0 amide bonds. The van der Waals surface area contributed by atoms with E-state index in [1.807, 2.05) is 49.4 Å². The van der Waals surface area contributed by atoms with Crippen LogP contribution in [0.2, 0.25) is 5.02 Å². The van der Waals surface area contributed by atoms with E-state index in [9.17, 15) is 5.11 Å². The maximum absolute atomic E-state index is 9.40. The topological polar surface area (TPSA) is 42.4 Å². The Morgan fingerprint density at radius 2 is 1.86 bits per heavy atom. The van der Waals surface area contributed by atoms with Crippen LogP contribution < -0.4 is 4.74 Å². The molecule has 0 unspecified atom stereocenters. The number of ether oxygens (including phenoxy) is 1. The minimum Gasteiger partial charge on any atom is -0.456 e. The van der Waals surface area contributed by atoms with Gasteiger partial charge in [-0.2, -0.15) is 0 Å². The summed E-state index contributed by atoms with van der Waals surface area (Å²) in [6.45, 7) is 1.77.